The average molecular weight is 485 g/mol. The normalized spacial score (nSPS) is 26.6. The van der Waals surface area contributed by atoms with E-state index in [0.29, 0.717) is 0 Å². The molecule has 0 aromatic heterocycles. The predicted molar refractivity (Wildman–Crippen MR) is 97.6 cm³/mol. The van der Waals surface area contributed by atoms with Gasteiger partial charge in [0.25, 0.3) is 0 Å². The molecule has 3 rings (SSSR count). The molecule has 1 aromatic carbocycles. The van der Waals surface area contributed by atoms with Crippen molar-refractivity contribution in [3.63, 3.8) is 0 Å². The van der Waals surface area contributed by atoms with Crippen LogP contribution in [0.1, 0.15) is 44.1 Å². The van der Waals surface area contributed by atoms with Crippen molar-refractivity contribution in [2.75, 3.05) is 0 Å². The van der Waals surface area contributed by atoms with Crippen LogP contribution in [0.5, 0.6) is 0 Å². The second kappa shape index (κ2) is 7.95. The van der Waals surface area contributed by atoms with Crippen molar-refractivity contribution in [3.8, 4) is 0 Å². The topological polar surface area (TPSA) is 80.7 Å². The van der Waals surface area contributed by atoms with E-state index in [9.17, 15) is 31.5 Å². The lowest BCUT2D eigenvalue weighted by atomic mass is 10.1. The Balaban J connectivity index is 1.91. The first-order chi connectivity index (χ1) is 13.0. The van der Waals surface area contributed by atoms with Crippen LogP contribution in [-0.2, 0) is 25.5 Å². The molecule has 10 heteroatoms. The van der Waals surface area contributed by atoms with Crippen molar-refractivity contribution in [2.45, 2.75) is 67.1 Å². The first kappa shape index (κ1) is 21.6. The van der Waals surface area contributed by atoms with Crippen LogP contribution < -0.4 is 0 Å². The Kier molecular flexibility index (Phi) is 6.12. The van der Waals surface area contributed by atoms with Gasteiger partial charge in [0.05, 0.1) is 33.8 Å². The molecule has 3 atom stereocenters. The van der Waals surface area contributed by atoms with Gasteiger partial charge < -0.3 is 9.84 Å². The number of ether oxygens (including phenoxy) is 1. The quantitative estimate of drug-likeness (QED) is 0.668. The molecule has 0 heterocycles. The fraction of sp³-hybridized carbons (Fsp3) is 0.611. The maximum absolute atomic E-state index is 13.4. The molecular formula is C18H20BrF3O5S. The molecule has 1 N–H and O–H groups in total. The van der Waals surface area contributed by atoms with E-state index in [1.807, 2.05) is 0 Å². The number of carboxylic acid groups (broad SMARTS) is 1. The summed E-state index contributed by atoms with van der Waals surface area (Å²) in [6, 6.07) is 2.88. The summed E-state index contributed by atoms with van der Waals surface area (Å²) in [6.07, 6.45) is -2.68. The predicted octanol–water partition coefficient (Wildman–Crippen LogP) is 4.43. The van der Waals surface area contributed by atoms with E-state index >= 15 is 0 Å². The van der Waals surface area contributed by atoms with Crippen LogP contribution in [0.3, 0.4) is 0 Å². The first-order valence-electron chi connectivity index (χ1n) is 8.99. The summed E-state index contributed by atoms with van der Waals surface area (Å²) in [4.78, 5) is 10.8. The van der Waals surface area contributed by atoms with Crippen LogP contribution in [0.15, 0.2) is 27.6 Å². The second-order valence-electron chi connectivity index (χ2n) is 7.30. The number of hydrogen-bond donors (Lipinski definition) is 1. The fourth-order valence-corrected chi connectivity index (χ4v) is 6.40. The Morgan fingerprint density at radius 3 is 2.39 bits per heavy atom. The fourth-order valence-electron chi connectivity index (χ4n) is 4.04. The number of carbonyl (C=O) groups is 1. The zero-order valence-electron chi connectivity index (χ0n) is 14.8. The average Bonchev–Trinajstić information content (AvgIpc) is 3.24. The van der Waals surface area contributed by atoms with Crippen molar-refractivity contribution in [2.24, 2.45) is 5.92 Å². The van der Waals surface area contributed by atoms with E-state index in [0.717, 1.165) is 37.8 Å². The molecule has 0 saturated heterocycles. The molecule has 0 aliphatic heterocycles. The van der Waals surface area contributed by atoms with Crippen LogP contribution in [0.4, 0.5) is 13.2 Å². The Hall–Kier alpha value is -1.13. The summed E-state index contributed by atoms with van der Waals surface area (Å²) in [6.45, 7) is 0. The van der Waals surface area contributed by atoms with Gasteiger partial charge in [-0.05, 0) is 43.9 Å². The summed E-state index contributed by atoms with van der Waals surface area (Å²) >= 11 is 2.93. The minimum absolute atomic E-state index is 0.107. The van der Waals surface area contributed by atoms with E-state index in [-0.39, 0.29) is 23.4 Å². The molecule has 28 heavy (non-hydrogen) atoms. The molecular weight excluding hydrogens is 465 g/mol. The van der Waals surface area contributed by atoms with Crippen LogP contribution in [-0.4, -0.2) is 37.0 Å². The lowest BCUT2D eigenvalue weighted by molar-refractivity contribution is -0.147. The summed E-state index contributed by atoms with van der Waals surface area (Å²) < 4.78 is 72.1. The maximum Gasteiger partial charge on any atom is 0.417 e. The molecule has 1 aromatic rings. The molecule has 3 unspecified atom stereocenters. The van der Waals surface area contributed by atoms with E-state index in [2.05, 4.69) is 15.9 Å². The second-order valence-corrected chi connectivity index (χ2v) is 10.4. The highest BCUT2D eigenvalue weighted by molar-refractivity contribution is 9.10. The van der Waals surface area contributed by atoms with Crippen LogP contribution >= 0.6 is 15.9 Å². The van der Waals surface area contributed by atoms with Gasteiger partial charge in [0.2, 0.25) is 0 Å². The number of rotatable bonds is 5. The maximum atomic E-state index is 13.4. The van der Waals surface area contributed by atoms with Crippen LogP contribution in [0, 0.1) is 5.92 Å². The molecule has 2 aliphatic carbocycles. The van der Waals surface area contributed by atoms with Crippen molar-refractivity contribution < 1.29 is 36.2 Å². The van der Waals surface area contributed by atoms with Gasteiger partial charge in [0.1, 0.15) is 0 Å². The molecule has 2 fully saturated rings. The number of carboxylic acids is 1. The Labute approximate surface area is 169 Å². The largest absolute Gasteiger partial charge is 0.481 e. The molecule has 2 aliphatic rings. The highest BCUT2D eigenvalue weighted by atomic mass is 79.9. The van der Waals surface area contributed by atoms with Gasteiger partial charge in [0, 0.05) is 4.47 Å². The van der Waals surface area contributed by atoms with Gasteiger partial charge in [-0.15, -0.1) is 0 Å². The highest BCUT2D eigenvalue weighted by Gasteiger charge is 2.48. The van der Waals surface area contributed by atoms with Gasteiger partial charge in [-0.3, -0.25) is 4.79 Å². The van der Waals surface area contributed by atoms with Gasteiger partial charge in [-0.2, -0.15) is 13.2 Å². The minimum atomic E-state index is -4.85. The van der Waals surface area contributed by atoms with Crippen LogP contribution in [0.25, 0.3) is 0 Å². The molecule has 0 bridgehead atoms. The molecule has 2 saturated carbocycles. The van der Waals surface area contributed by atoms with Gasteiger partial charge >= 0.3 is 12.1 Å². The number of halogens is 4. The Morgan fingerprint density at radius 1 is 1.18 bits per heavy atom. The number of sulfone groups is 1. The molecule has 0 spiro atoms. The Morgan fingerprint density at radius 2 is 1.82 bits per heavy atom. The van der Waals surface area contributed by atoms with E-state index < -0.39 is 49.7 Å². The summed E-state index contributed by atoms with van der Waals surface area (Å²) in [5.74, 6) is -2.24. The standard InChI is InChI=1S/C18H20BrF3O5S/c19-10-5-6-16(14(7-10)18(20,21)22)28(25,26)12-8-13(17(23)24)15(9-12)27-11-3-1-2-4-11/h5-7,11-13,15H,1-4,8-9H2,(H,23,24). The van der Waals surface area contributed by atoms with Crippen molar-refractivity contribution in [1.82, 2.24) is 0 Å². The SMILES string of the molecule is O=C(O)C1CC(S(=O)(=O)c2ccc(Br)cc2C(F)(F)F)CC1OC1CCCC1. The van der Waals surface area contributed by atoms with Gasteiger partial charge in [-0.1, -0.05) is 28.8 Å². The Bertz CT molecular complexity index is 849. The minimum Gasteiger partial charge on any atom is -0.481 e. The summed E-state index contributed by atoms with van der Waals surface area (Å²) in [5.41, 5.74) is -1.26. The van der Waals surface area contributed by atoms with Gasteiger partial charge in [-0.25, -0.2) is 8.42 Å². The number of benzene rings is 1. The molecule has 0 amide bonds. The third-order valence-corrected chi connectivity index (χ3v) is 8.16. The van der Waals surface area contributed by atoms with Gasteiger partial charge in [0.15, 0.2) is 9.84 Å². The number of aliphatic carboxylic acids is 1. The number of alkyl halides is 3. The summed E-state index contributed by atoms with van der Waals surface area (Å²) in [7, 11) is -4.39. The molecule has 0 radical (unpaired) electrons. The smallest absolute Gasteiger partial charge is 0.417 e. The zero-order valence-corrected chi connectivity index (χ0v) is 17.2. The lowest BCUT2D eigenvalue weighted by Gasteiger charge is -2.21. The first-order valence-corrected chi connectivity index (χ1v) is 11.3. The van der Waals surface area contributed by atoms with E-state index in [4.69, 9.17) is 4.74 Å². The van der Waals surface area contributed by atoms with Crippen molar-refractivity contribution >= 4 is 31.7 Å². The van der Waals surface area contributed by atoms with E-state index in [1.165, 1.54) is 6.07 Å². The van der Waals surface area contributed by atoms with Crippen LogP contribution in [0.2, 0.25) is 0 Å². The monoisotopic (exact) mass is 484 g/mol. The number of hydrogen-bond acceptors (Lipinski definition) is 4. The lowest BCUT2D eigenvalue weighted by Crippen LogP contribution is -2.28. The van der Waals surface area contributed by atoms with Crippen molar-refractivity contribution in [1.29, 1.82) is 0 Å². The van der Waals surface area contributed by atoms with E-state index in [1.54, 1.807) is 0 Å². The third kappa shape index (κ3) is 4.38. The third-order valence-electron chi connectivity index (χ3n) is 5.44. The highest BCUT2D eigenvalue weighted by Crippen LogP contribution is 2.42. The molecule has 5 nitrogen and oxygen atoms in total. The zero-order chi connectivity index (χ0) is 20.7. The summed E-state index contributed by atoms with van der Waals surface area (Å²) in [5, 5.41) is 8.24. The molecule has 156 valence electrons. The van der Waals surface area contributed by atoms with Crippen molar-refractivity contribution in [3.05, 3.63) is 28.2 Å².